The average molecular weight is 227 g/mol. The molecule has 2 rings (SSSR count). The van der Waals surface area contributed by atoms with Crippen molar-refractivity contribution in [3.63, 3.8) is 0 Å². The van der Waals surface area contributed by atoms with Crippen LogP contribution in [0.4, 0.5) is 8.78 Å². The second-order valence-electron chi connectivity index (χ2n) is 4.41. The van der Waals surface area contributed by atoms with Gasteiger partial charge in [0.15, 0.2) is 0 Å². The maximum atomic E-state index is 13.5. The molecule has 0 saturated carbocycles. The average Bonchev–Trinajstić information content (AvgIpc) is 2.25. The minimum atomic E-state index is -2.58. The molecule has 1 aromatic rings. The van der Waals surface area contributed by atoms with Gasteiger partial charge < -0.3 is 0 Å². The molecular formula is C11H15F2N3. The van der Waals surface area contributed by atoms with Crippen LogP contribution in [0.5, 0.6) is 0 Å². The highest BCUT2D eigenvalue weighted by molar-refractivity contribution is 5.02. The summed E-state index contributed by atoms with van der Waals surface area (Å²) in [6, 6.07) is 0. The number of hydrogen-bond donors (Lipinski definition) is 0. The van der Waals surface area contributed by atoms with Gasteiger partial charge in [-0.1, -0.05) is 6.92 Å². The van der Waals surface area contributed by atoms with Crippen molar-refractivity contribution >= 4 is 0 Å². The van der Waals surface area contributed by atoms with Gasteiger partial charge in [0, 0.05) is 30.4 Å². The van der Waals surface area contributed by atoms with Crippen LogP contribution >= 0.6 is 0 Å². The Bertz CT molecular complexity index is 342. The van der Waals surface area contributed by atoms with Gasteiger partial charge in [-0.25, -0.2) is 18.7 Å². The van der Waals surface area contributed by atoms with Gasteiger partial charge in [-0.15, -0.1) is 0 Å². The molecule has 5 heteroatoms. The number of nitrogens with zero attached hydrogens (tertiary/aromatic N) is 3. The van der Waals surface area contributed by atoms with E-state index in [4.69, 9.17) is 0 Å². The lowest BCUT2D eigenvalue weighted by molar-refractivity contribution is -0.106. The van der Waals surface area contributed by atoms with Crippen molar-refractivity contribution in [3.8, 4) is 0 Å². The van der Waals surface area contributed by atoms with E-state index in [0.29, 0.717) is 19.5 Å². The second-order valence-corrected chi connectivity index (χ2v) is 4.41. The summed E-state index contributed by atoms with van der Waals surface area (Å²) in [5.74, 6) is -3.09. The van der Waals surface area contributed by atoms with Crippen LogP contribution in [0, 0.1) is 5.92 Å². The summed E-state index contributed by atoms with van der Waals surface area (Å²) < 4.78 is 27.0. The molecule has 0 bridgehead atoms. The first-order chi connectivity index (χ1) is 7.58. The maximum absolute atomic E-state index is 13.5. The number of aromatic nitrogens is 2. The predicted octanol–water partition coefficient (Wildman–Crippen LogP) is 1.95. The van der Waals surface area contributed by atoms with Crippen LogP contribution in [0.3, 0.4) is 0 Å². The Balaban J connectivity index is 1.97. The molecule has 1 aromatic heterocycles. The van der Waals surface area contributed by atoms with Crippen molar-refractivity contribution in [2.24, 2.45) is 5.92 Å². The number of alkyl halides is 2. The molecule has 2 heterocycles. The Kier molecular flexibility index (Phi) is 3.14. The summed E-state index contributed by atoms with van der Waals surface area (Å²) in [5, 5.41) is 0. The normalized spacial score (nSPS) is 25.6. The molecule has 0 spiro atoms. The highest BCUT2D eigenvalue weighted by atomic mass is 19.3. The molecule has 0 amide bonds. The minimum absolute atomic E-state index is 0.164. The Hall–Kier alpha value is -1.10. The molecule has 0 aliphatic carbocycles. The van der Waals surface area contributed by atoms with Crippen molar-refractivity contribution in [1.82, 2.24) is 14.9 Å². The fourth-order valence-corrected chi connectivity index (χ4v) is 1.93. The van der Waals surface area contributed by atoms with Gasteiger partial charge >= 0.3 is 0 Å². The predicted molar refractivity (Wildman–Crippen MR) is 56.0 cm³/mol. The fourth-order valence-electron chi connectivity index (χ4n) is 1.93. The quantitative estimate of drug-likeness (QED) is 0.773. The van der Waals surface area contributed by atoms with Crippen molar-refractivity contribution in [3.05, 3.63) is 24.3 Å². The SMILES string of the molecule is CC1CCN(Cc2cncnc2)CC1(F)F. The lowest BCUT2D eigenvalue weighted by Gasteiger charge is -2.36. The zero-order valence-corrected chi connectivity index (χ0v) is 9.24. The van der Waals surface area contributed by atoms with Crippen LogP contribution in [-0.4, -0.2) is 33.9 Å². The van der Waals surface area contributed by atoms with Gasteiger partial charge in [0.2, 0.25) is 0 Å². The van der Waals surface area contributed by atoms with E-state index in [1.54, 1.807) is 24.2 Å². The third-order valence-corrected chi connectivity index (χ3v) is 3.05. The Morgan fingerprint density at radius 2 is 2.12 bits per heavy atom. The first-order valence-corrected chi connectivity index (χ1v) is 5.42. The molecule has 1 aliphatic rings. The van der Waals surface area contributed by atoms with E-state index in [0.717, 1.165) is 5.56 Å². The number of rotatable bonds is 2. The van der Waals surface area contributed by atoms with Crippen LogP contribution in [0.25, 0.3) is 0 Å². The van der Waals surface area contributed by atoms with E-state index in [1.165, 1.54) is 6.33 Å². The van der Waals surface area contributed by atoms with Crippen LogP contribution in [0.1, 0.15) is 18.9 Å². The van der Waals surface area contributed by atoms with E-state index in [9.17, 15) is 8.78 Å². The van der Waals surface area contributed by atoms with E-state index in [2.05, 4.69) is 9.97 Å². The number of hydrogen-bond acceptors (Lipinski definition) is 3. The van der Waals surface area contributed by atoms with Gasteiger partial charge in [0.05, 0.1) is 6.54 Å². The second kappa shape index (κ2) is 4.41. The summed E-state index contributed by atoms with van der Waals surface area (Å²) in [7, 11) is 0. The number of piperidine rings is 1. The summed E-state index contributed by atoms with van der Waals surface area (Å²) >= 11 is 0. The topological polar surface area (TPSA) is 29.0 Å². The minimum Gasteiger partial charge on any atom is -0.293 e. The molecule has 0 radical (unpaired) electrons. The van der Waals surface area contributed by atoms with Crippen LogP contribution in [-0.2, 0) is 6.54 Å². The zero-order chi connectivity index (χ0) is 11.6. The van der Waals surface area contributed by atoms with Crippen molar-refractivity contribution in [1.29, 1.82) is 0 Å². The molecule has 0 aromatic carbocycles. The van der Waals surface area contributed by atoms with Crippen molar-refractivity contribution in [2.45, 2.75) is 25.8 Å². The standard InChI is InChI=1S/C11H15F2N3/c1-9-2-3-16(7-11(9,12)13)6-10-4-14-8-15-5-10/h4-5,8-9H,2-3,6-7H2,1H3. The Morgan fingerprint density at radius 1 is 1.44 bits per heavy atom. The highest BCUT2D eigenvalue weighted by Gasteiger charge is 2.41. The third kappa shape index (κ3) is 2.52. The van der Waals surface area contributed by atoms with Crippen LogP contribution in [0.15, 0.2) is 18.7 Å². The molecule has 16 heavy (non-hydrogen) atoms. The summed E-state index contributed by atoms with van der Waals surface area (Å²) in [6.45, 7) is 2.67. The van der Waals surface area contributed by atoms with Crippen molar-refractivity contribution < 1.29 is 8.78 Å². The smallest absolute Gasteiger partial charge is 0.263 e. The fraction of sp³-hybridized carbons (Fsp3) is 0.636. The van der Waals surface area contributed by atoms with Gasteiger partial charge in [-0.3, -0.25) is 4.90 Å². The lowest BCUT2D eigenvalue weighted by atomic mass is 9.95. The number of halogens is 2. The largest absolute Gasteiger partial charge is 0.293 e. The molecule has 1 fully saturated rings. The van der Waals surface area contributed by atoms with E-state index in [-0.39, 0.29) is 6.54 Å². The maximum Gasteiger partial charge on any atom is 0.263 e. The molecule has 0 N–H and O–H groups in total. The summed E-state index contributed by atoms with van der Waals surface area (Å²) in [5.41, 5.74) is 0.882. The zero-order valence-electron chi connectivity index (χ0n) is 9.24. The molecule has 1 saturated heterocycles. The molecule has 88 valence electrons. The van der Waals surface area contributed by atoms with Crippen LogP contribution < -0.4 is 0 Å². The monoisotopic (exact) mass is 227 g/mol. The molecular weight excluding hydrogens is 212 g/mol. The van der Waals surface area contributed by atoms with Gasteiger partial charge in [0.1, 0.15) is 6.33 Å². The molecule has 1 aliphatic heterocycles. The van der Waals surface area contributed by atoms with Gasteiger partial charge in [-0.05, 0) is 13.0 Å². The Labute approximate surface area is 93.5 Å². The van der Waals surface area contributed by atoms with E-state index in [1.807, 2.05) is 0 Å². The Morgan fingerprint density at radius 3 is 2.75 bits per heavy atom. The molecule has 1 unspecified atom stereocenters. The first-order valence-electron chi connectivity index (χ1n) is 5.42. The van der Waals surface area contributed by atoms with E-state index < -0.39 is 11.8 Å². The lowest BCUT2D eigenvalue weighted by Crippen LogP contribution is -2.47. The third-order valence-electron chi connectivity index (χ3n) is 3.05. The van der Waals surface area contributed by atoms with E-state index >= 15 is 0 Å². The summed E-state index contributed by atoms with van der Waals surface area (Å²) in [6.07, 6.45) is 5.32. The molecule has 1 atom stereocenters. The van der Waals surface area contributed by atoms with Gasteiger partial charge in [-0.2, -0.15) is 0 Å². The molecule has 3 nitrogen and oxygen atoms in total. The highest BCUT2D eigenvalue weighted by Crippen LogP contribution is 2.32. The van der Waals surface area contributed by atoms with Crippen molar-refractivity contribution in [2.75, 3.05) is 13.1 Å². The van der Waals surface area contributed by atoms with Crippen LogP contribution in [0.2, 0.25) is 0 Å². The van der Waals surface area contributed by atoms with Gasteiger partial charge in [0.25, 0.3) is 5.92 Å². The first kappa shape index (κ1) is 11.4. The summed E-state index contributed by atoms with van der Waals surface area (Å²) in [4.78, 5) is 9.51. The number of likely N-dealkylation sites (tertiary alicyclic amines) is 1.